The highest BCUT2D eigenvalue weighted by molar-refractivity contribution is 5.98. The first-order valence-electron chi connectivity index (χ1n) is 11.8. The maximum absolute atomic E-state index is 13.1. The molecule has 1 atom stereocenters. The number of esters is 2. The molecular weight excluding hydrogens is 468 g/mol. The number of ether oxygens (including phenoxy) is 3. The van der Waals surface area contributed by atoms with Crippen molar-refractivity contribution >= 4 is 29.0 Å². The van der Waals surface area contributed by atoms with E-state index in [0.29, 0.717) is 39.6 Å². The smallest absolute Gasteiger partial charge is 0.340 e. The second kappa shape index (κ2) is 8.41. The van der Waals surface area contributed by atoms with Crippen molar-refractivity contribution in [3.8, 4) is 11.5 Å². The maximum atomic E-state index is 13.1. The van der Waals surface area contributed by atoms with Crippen LogP contribution in [0.2, 0.25) is 0 Å². The average Bonchev–Trinajstić information content (AvgIpc) is 3.21. The fourth-order valence-electron chi connectivity index (χ4n) is 5.05. The summed E-state index contributed by atoms with van der Waals surface area (Å²) in [6.45, 7) is 0. The number of rotatable bonds is 4. The molecule has 0 bridgehead atoms. The summed E-state index contributed by atoms with van der Waals surface area (Å²) in [5.74, 6) is 0.380. The highest BCUT2D eigenvalue weighted by atomic mass is 16.6. The van der Waals surface area contributed by atoms with Crippen LogP contribution in [-0.2, 0) is 15.1 Å². The molecule has 37 heavy (non-hydrogen) atoms. The van der Waals surface area contributed by atoms with E-state index in [4.69, 9.17) is 14.2 Å². The van der Waals surface area contributed by atoms with E-state index in [0.717, 1.165) is 16.8 Å². The zero-order valence-corrected chi connectivity index (χ0v) is 20.6. The number of fused-ring (bicyclic) bond motifs is 6. The Balaban J connectivity index is 1.54. The number of anilines is 3. The minimum absolute atomic E-state index is 0.388. The Kier molecular flexibility index (Phi) is 5.15. The van der Waals surface area contributed by atoms with Crippen LogP contribution in [0.15, 0.2) is 84.9 Å². The van der Waals surface area contributed by atoms with Crippen LogP contribution >= 0.6 is 0 Å². The van der Waals surface area contributed by atoms with Gasteiger partial charge < -0.3 is 24.4 Å². The molecule has 7 nitrogen and oxygen atoms in total. The van der Waals surface area contributed by atoms with Gasteiger partial charge in [0.05, 0.1) is 23.9 Å². The Hall–Kier alpha value is -4.78. The van der Waals surface area contributed by atoms with Gasteiger partial charge in [-0.25, -0.2) is 9.59 Å². The lowest BCUT2D eigenvalue weighted by Gasteiger charge is -2.37. The third-order valence-electron chi connectivity index (χ3n) is 6.82. The average molecular weight is 493 g/mol. The summed E-state index contributed by atoms with van der Waals surface area (Å²) >= 11 is 0. The molecule has 0 amide bonds. The first-order chi connectivity index (χ1) is 17.9. The number of para-hydroxylation sites is 1. The van der Waals surface area contributed by atoms with Gasteiger partial charge in [0, 0.05) is 48.2 Å². The number of hydrogen-bond donors (Lipinski definition) is 1. The number of carbonyl (C=O) groups is 2. The molecule has 7 heteroatoms. The van der Waals surface area contributed by atoms with Gasteiger partial charge in [0.15, 0.2) is 5.60 Å². The van der Waals surface area contributed by atoms with Crippen LogP contribution in [0.1, 0.15) is 37.4 Å². The van der Waals surface area contributed by atoms with E-state index in [-0.39, 0.29) is 5.97 Å². The Morgan fingerprint density at radius 2 is 1.65 bits per heavy atom. The summed E-state index contributed by atoms with van der Waals surface area (Å²) in [6.07, 6.45) is 0. The molecule has 4 aromatic rings. The fourth-order valence-corrected chi connectivity index (χ4v) is 5.05. The Bertz CT molecular complexity index is 1580. The molecule has 2 aliphatic heterocycles. The van der Waals surface area contributed by atoms with Gasteiger partial charge in [-0.05, 0) is 48.5 Å². The monoisotopic (exact) mass is 492 g/mol. The fraction of sp³-hybridized carbons (Fsp3) is 0.133. The van der Waals surface area contributed by atoms with E-state index in [1.54, 1.807) is 24.3 Å². The number of carbonyl (C=O) groups excluding carboxylic acids is 2. The zero-order valence-electron chi connectivity index (χ0n) is 20.6. The summed E-state index contributed by atoms with van der Waals surface area (Å²) in [7, 11) is 5.27. The number of benzene rings is 4. The number of nitrogens with one attached hydrogen (secondary N) is 1. The Morgan fingerprint density at radius 3 is 2.46 bits per heavy atom. The van der Waals surface area contributed by atoms with Crippen molar-refractivity contribution in [3.63, 3.8) is 0 Å². The number of nitrogens with zero attached hydrogens (tertiary/aromatic N) is 1. The quantitative estimate of drug-likeness (QED) is 0.358. The molecule has 1 unspecified atom stereocenters. The van der Waals surface area contributed by atoms with Gasteiger partial charge in [0.1, 0.15) is 11.5 Å². The van der Waals surface area contributed by atoms with Crippen molar-refractivity contribution in [2.75, 3.05) is 31.4 Å². The van der Waals surface area contributed by atoms with Crippen LogP contribution in [0.3, 0.4) is 0 Å². The lowest BCUT2D eigenvalue weighted by Crippen LogP contribution is -2.33. The summed E-state index contributed by atoms with van der Waals surface area (Å²) in [5, 5.41) is 3.32. The van der Waals surface area contributed by atoms with E-state index in [9.17, 15) is 9.59 Å². The van der Waals surface area contributed by atoms with Crippen LogP contribution in [0, 0.1) is 0 Å². The van der Waals surface area contributed by atoms with Gasteiger partial charge in [-0.2, -0.15) is 0 Å². The summed E-state index contributed by atoms with van der Waals surface area (Å²) in [5.41, 5.74) is 4.21. The highest BCUT2D eigenvalue weighted by Crippen LogP contribution is 2.57. The predicted molar refractivity (Wildman–Crippen MR) is 140 cm³/mol. The van der Waals surface area contributed by atoms with Gasteiger partial charge in [0.25, 0.3) is 0 Å². The molecular formula is C30H24N2O5. The SMILES string of the molecule is COC(=O)c1ccccc1Nc1ccc2c(c1)C1(OC(=O)c3ccccc31)c1ccc(N(C)C)cc1O2. The minimum atomic E-state index is -1.18. The molecule has 184 valence electrons. The van der Waals surface area contributed by atoms with Gasteiger partial charge in [0.2, 0.25) is 0 Å². The van der Waals surface area contributed by atoms with Gasteiger partial charge in [-0.1, -0.05) is 30.3 Å². The zero-order chi connectivity index (χ0) is 25.7. The largest absolute Gasteiger partial charge is 0.465 e. The van der Waals surface area contributed by atoms with Crippen molar-refractivity contribution in [3.05, 3.63) is 113 Å². The molecule has 0 saturated carbocycles. The maximum Gasteiger partial charge on any atom is 0.340 e. The molecule has 6 rings (SSSR count). The van der Waals surface area contributed by atoms with E-state index < -0.39 is 11.6 Å². The van der Waals surface area contributed by atoms with E-state index in [1.165, 1.54) is 7.11 Å². The van der Waals surface area contributed by atoms with Gasteiger partial charge in [-0.15, -0.1) is 0 Å². The first kappa shape index (κ1) is 22.7. The standard InChI is InChI=1S/C30H24N2O5/c1-32(2)19-13-14-23-27(17-19)36-26-15-12-18(31-25-11-7-5-9-21(25)28(33)35-3)16-24(26)30(23)22-10-6-4-8-20(22)29(34)37-30/h4-17,31H,1-3H3. The lowest BCUT2D eigenvalue weighted by atomic mass is 9.77. The van der Waals surface area contributed by atoms with E-state index in [1.807, 2.05) is 79.7 Å². The number of hydrogen-bond acceptors (Lipinski definition) is 7. The third kappa shape index (κ3) is 3.42. The second-order valence-electron chi connectivity index (χ2n) is 9.17. The first-order valence-corrected chi connectivity index (χ1v) is 11.8. The van der Waals surface area contributed by atoms with Gasteiger partial charge >= 0.3 is 11.9 Å². The highest BCUT2D eigenvalue weighted by Gasteiger charge is 2.53. The molecule has 4 aromatic carbocycles. The molecule has 2 heterocycles. The minimum Gasteiger partial charge on any atom is -0.465 e. The molecule has 0 aliphatic carbocycles. The number of methoxy groups -OCH3 is 1. The topological polar surface area (TPSA) is 77.1 Å². The Morgan fingerprint density at radius 1 is 0.865 bits per heavy atom. The molecule has 1 N–H and O–H groups in total. The van der Waals surface area contributed by atoms with Crippen molar-refractivity contribution in [2.24, 2.45) is 0 Å². The normalized spacial score (nSPS) is 16.7. The molecule has 0 saturated heterocycles. The van der Waals surface area contributed by atoms with Crippen molar-refractivity contribution < 1.29 is 23.8 Å². The molecule has 1 spiro atoms. The van der Waals surface area contributed by atoms with Crippen LogP contribution < -0.4 is 15.0 Å². The van der Waals surface area contributed by atoms with Crippen molar-refractivity contribution in [2.45, 2.75) is 5.60 Å². The Labute approximate surface area is 214 Å². The third-order valence-corrected chi connectivity index (χ3v) is 6.82. The van der Waals surface area contributed by atoms with Crippen molar-refractivity contribution in [1.29, 1.82) is 0 Å². The molecule has 0 aromatic heterocycles. The second-order valence-corrected chi connectivity index (χ2v) is 9.17. The van der Waals surface area contributed by atoms with Crippen molar-refractivity contribution in [1.82, 2.24) is 0 Å². The van der Waals surface area contributed by atoms with Crippen LogP contribution in [0.4, 0.5) is 17.1 Å². The predicted octanol–water partition coefficient (Wildman–Crippen LogP) is 5.85. The van der Waals surface area contributed by atoms with Crippen LogP contribution in [0.5, 0.6) is 11.5 Å². The van der Waals surface area contributed by atoms with E-state index >= 15 is 0 Å². The molecule has 0 fully saturated rings. The van der Waals surface area contributed by atoms with Crippen LogP contribution in [0.25, 0.3) is 0 Å². The van der Waals surface area contributed by atoms with Crippen LogP contribution in [-0.4, -0.2) is 33.1 Å². The molecule has 2 aliphatic rings. The summed E-state index contributed by atoms with van der Waals surface area (Å²) < 4.78 is 17.6. The summed E-state index contributed by atoms with van der Waals surface area (Å²) in [6, 6.07) is 26.1. The lowest BCUT2D eigenvalue weighted by molar-refractivity contribution is 0.0224. The molecule has 0 radical (unpaired) electrons. The van der Waals surface area contributed by atoms with E-state index in [2.05, 4.69) is 5.32 Å². The van der Waals surface area contributed by atoms with Gasteiger partial charge in [-0.3, -0.25) is 0 Å². The summed E-state index contributed by atoms with van der Waals surface area (Å²) in [4.78, 5) is 27.4.